The Morgan fingerprint density at radius 1 is 1.62 bits per heavy atom. The van der Waals surface area contributed by atoms with Crippen molar-refractivity contribution in [2.24, 2.45) is 0 Å². The Morgan fingerprint density at radius 3 is 2.62 bits per heavy atom. The van der Waals surface area contributed by atoms with E-state index < -0.39 is 0 Å². The van der Waals surface area contributed by atoms with Gasteiger partial charge in [-0.3, -0.25) is 4.79 Å². The molecule has 8 heavy (non-hydrogen) atoms. The normalized spacial score (nSPS) is 7.50. The molecule has 0 unspecified atom stereocenters. The molecule has 0 aliphatic rings. The summed E-state index contributed by atoms with van der Waals surface area (Å²) in [5, 5.41) is 1.88. The zero-order valence-corrected chi connectivity index (χ0v) is 5.67. The highest BCUT2D eigenvalue weighted by Crippen LogP contribution is 2.02. The Bertz CT molecular complexity index is 147. The summed E-state index contributed by atoms with van der Waals surface area (Å²) in [6.07, 6.45) is 0.852. The minimum atomic E-state index is 0. The first kappa shape index (κ1) is 7.66. The van der Waals surface area contributed by atoms with Crippen LogP contribution in [-0.2, 0) is 0 Å². The molecule has 3 heteroatoms. The van der Waals surface area contributed by atoms with E-state index in [2.05, 4.69) is 0 Å². The van der Waals surface area contributed by atoms with Crippen LogP contribution in [0, 0.1) is 0 Å². The summed E-state index contributed by atoms with van der Waals surface area (Å²) in [4.78, 5) is 10.7. The van der Waals surface area contributed by atoms with Crippen molar-refractivity contribution in [1.29, 1.82) is 0 Å². The molecule has 1 rings (SSSR count). The Labute approximate surface area is 57.8 Å². The molecule has 1 aromatic rings. The molecule has 0 N–H and O–H groups in total. The summed E-state index contributed by atoms with van der Waals surface area (Å²) < 4.78 is 0. The molecule has 0 atom stereocenters. The lowest BCUT2D eigenvalue weighted by Crippen LogP contribution is -1.61. The molecule has 44 valence electrons. The number of aldehydes is 1. The number of rotatable bonds is 1. The first-order chi connectivity index (χ1) is 3.43. The lowest BCUT2D eigenvalue weighted by atomic mass is 10.5. The Hall–Kier alpha value is -0.340. The zero-order chi connectivity index (χ0) is 5.11. The standard InChI is InChI=1S/C5H4OS.ClH/c6-4-5-2-1-3-7-5;/h1-4H;1H. The lowest BCUT2D eigenvalue weighted by Gasteiger charge is -1.66. The molecule has 1 aromatic heterocycles. The van der Waals surface area contributed by atoms with Gasteiger partial charge in [-0.1, -0.05) is 6.07 Å². The van der Waals surface area contributed by atoms with Crippen LogP contribution in [0.25, 0.3) is 0 Å². The van der Waals surface area contributed by atoms with Crippen LogP contribution < -0.4 is 0 Å². The molecule has 0 aliphatic carbocycles. The topological polar surface area (TPSA) is 17.1 Å². The first-order valence-corrected chi connectivity index (χ1v) is 2.80. The average molecular weight is 149 g/mol. The molecular formula is C5H5ClOS. The maximum atomic E-state index is 9.88. The van der Waals surface area contributed by atoms with Gasteiger partial charge in [0.15, 0.2) is 6.29 Å². The molecule has 0 aliphatic heterocycles. The van der Waals surface area contributed by atoms with Crippen LogP contribution in [0.1, 0.15) is 9.67 Å². The second kappa shape index (κ2) is 3.64. The molecule has 0 aromatic carbocycles. The summed E-state index contributed by atoms with van der Waals surface area (Å²) in [5.41, 5.74) is 0. The molecule has 0 amide bonds. The van der Waals surface area contributed by atoms with Crippen LogP contribution in [0.4, 0.5) is 0 Å². The highest BCUT2D eigenvalue weighted by molar-refractivity contribution is 7.11. The van der Waals surface area contributed by atoms with Crippen molar-refractivity contribution >= 4 is 30.0 Å². The van der Waals surface area contributed by atoms with E-state index in [9.17, 15) is 4.79 Å². The fourth-order valence-electron chi connectivity index (χ4n) is 0.358. The van der Waals surface area contributed by atoms with Gasteiger partial charge in [0.25, 0.3) is 0 Å². The number of thiophene rings is 1. The Balaban J connectivity index is 0.000000490. The fraction of sp³-hybridized carbons (Fsp3) is 0. The second-order valence-electron chi connectivity index (χ2n) is 1.13. The summed E-state index contributed by atoms with van der Waals surface area (Å²) in [5.74, 6) is 0. The molecule has 1 nitrogen and oxygen atoms in total. The largest absolute Gasteiger partial charge is 0.297 e. The summed E-state index contributed by atoms with van der Waals surface area (Å²) in [7, 11) is 0. The summed E-state index contributed by atoms with van der Waals surface area (Å²) >= 11 is 1.45. The predicted octanol–water partition coefficient (Wildman–Crippen LogP) is 1.98. The molecular weight excluding hydrogens is 144 g/mol. The van der Waals surface area contributed by atoms with E-state index >= 15 is 0 Å². The number of hydrogen-bond acceptors (Lipinski definition) is 2. The van der Waals surface area contributed by atoms with Crippen LogP contribution in [-0.4, -0.2) is 6.29 Å². The van der Waals surface area contributed by atoms with Crippen molar-refractivity contribution in [2.75, 3.05) is 0 Å². The minimum absolute atomic E-state index is 0. The third kappa shape index (κ3) is 1.64. The van der Waals surface area contributed by atoms with E-state index in [0.717, 1.165) is 11.2 Å². The fourth-order valence-corrected chi connectivity index (χ4v) is 0.885. The zero-order valence-electron chi connectivity index (χ0n) is 4.03. The van der Waals surface area contributed by atoms with E-state index in [1.165, 1.54) is 11.3 Å². The van der Waals surface area contributed by atoms with Crippen LogP contribution >= 0.6 is 23.7 Å². The molecule has 1 heterocycles. The van der Waals surface area contributed by atoms with Gasteiger partial charge >= 0.3 is 0 Å². The van der Waals surface area contributed by atoms with Gasteiger partial charge in [-0.25, -0.2) is 0 Å². The van der Waals surface area contributed by atoms with E-state index in [0.29, 0.717) is 0 Å². The predicted molar refractivity (Wildman–Crippen MR) is 37.0 cm³/mol. The van der Waals surface area contributed by atoms with Crippen LogP contribution in [0.2, 0.25) is 0 Å². The van der Waals surface area contributed by atoms with Crippen LogP contribution in [0.5, 0.6) is 0 Å². The molecule has 0 saturated heterocycles. The number of halogens is 1. The maximum absolute atomic E-state index is 9.88. The molecule has 0 bridgehead atoms. The summed E-state index contributed by atoms with van der Waals surface area (Å²) in [6, 6.07) is 3.64. The quantitative estimate of drug-likeness (QED) is 0.557. The van der Waals surface area contributed by atoms with E-state index in [4.69, 9.17) is 0 Å². The third-order valence-electron chi connectivity index (χ3n) is 0.659. The summed E-state index contributed by atoms with van der Waals surface area (Å²) in [6.45, 7) is 0. The molecule has 0 spiro atoms. The van der Waals surface area contributed by atoms with Gasteiger partial charge in [-0.05, 0) is 11.4 Å². The lowest BCUT2D eigenvalue weighted by molar-refractivity contribution is 0.112. The van der Waals surface area contributed by atoms with Crippen molar-refractivity contribution in [2.45, 2.75) is 0 Å². The third-order valence-corrected chi connectivity index (χ3v) is 1.46. The number of carbonyl (C=O) groups excluding carboxylic acids is 1. The SMILES string of the molecule is Cl.O=Cc1cccs1. The van der Waals surface area contributed by atoms with Gasteiger partial charge in [0.1, 0.15) is 0 Å². The smallest absolute Gasteiger partial charge is 0.159 e. The van der Waals surface area contributed by atoms with E-state index in [1.54, 1.807) is 6.07 Å². The van der Waals surface area contributed by atoms with E-state index in [-0.39, 0.29) is 12.4 Å². The molecule has 0 radical (unpaired) electrons. The number of hydrogen-bond donors (Lipinski definition) is 0. The van der Waals surface area contributed by atoms with Gasteiger partial charge < -0.3 is 0 Å². The highest BCUT2D eigenvalue weighted by atomic mass is 35.5. The van der Waals surface area contributed by atoms with E-state index in [1.807, 2.05) is 11.4 Å². The van der Waals surface area contributed by atoms with Crippen LogP contribution in [0.3, 0.4) is 0 Å². The van der Waals surface area contributed by atoms with Gasteiger partial charge in [-0.15, -0.1) is 23.7 Å². The van der Waals surface area contributed by atoms with Gasteiger partial charge in [0, 0.05) is 0 Å². The van der Waals surface area contributed by atoms with Crippen molar-refractivity contribution in [3.8, 4) is 0 Å². The second-order valence-corrected chi connectivity index (χ2v) is 2.11. The molecule has 0 fully saturated rings. The van der Waals surface area contributed by atoms with Crippen molar-refractivity contribution in [3.63, 3.8) is 0 Å². The van der Waals surface area contributed by atoms with Gasteiger partial charge in [-0.2, -0.15) is 0 Å². The number of carbonyl (C=O) groups is 1. The Morgan fingerprint density at radius 2 is 2.38 bits per heavy atom. The first-order valence-electron chi connectivity index (χ1n) is 1.92. The Kier molecular flexibility index (Phi) is 3.48. The average Bonchev–Trinajstić information content (AvgIpc) is 2.14. The highest BCUT2D eigenvalue weighted by Gasteiger charge is 1.82. The van der Waals surface area contributed by atoms with Gasteiger partial charge in [0.05, 0.1) is 4.88 Å². The molecule has 0 saturated carbocycles. The van der Waals surface area contributed by atoms with Crippen molar-refractivity contribution in [3.05, 3.63) is 22.4 Å². The van der Waals surface area contributed by atoms with Crippen molar-refractivity contribution < 1.29 is 4.79 Å². The van der Waals surface area contributed by atoms with Crippen molar-refractivity contribution in [1.82, 2.24) is 0 Å². The maximum Gasteiger partial charge on any atom is 0.159 e. The van der Waals surface area contributed by atoms with Crippen LogP contribution in [0.15, 0.2) is 17.5 Å². The van der Waals surface area contributed by atoms with Gasteiger partial charge in [0.2, 0.25) is 0 Å². The monoisotopic (exact) mass is 148 g/mol. The minimum Gasteiger partial charge on any atom is -0.297 e.